The van der Waals surface area contributed by atoms with Crippen LogP contribution < -0.4 is 57.0 Å². The number of phenols is 1. The number of methoxy groups -OCH3 is 3. The van der Waals surface area contributed by atoms with Crippen molar-refractivity contribution >= 4 is 78.1 Å². The second kappa shape index (κ2) is 18.4. The monoisotopic (exact) mass is 864 g/mol. The zero-order valence-corrected chi connectivity index (χ0v) is 36.5. The minimum atomic E-state index is -0.924. The molecule has 8 rings (SSSR count). The molecule has 1 atom stereocenters. The highest BCUT2D eigenvalue weighted by atomic mass is 16.5. The SMILES string of the molecule is COc1c(NCCC(=O)NCCN2CCNCC2)c2c(=O)cc(OC)c3c4c(OC)cc(=O)c5c(O)c(NCC(=O)NCCN6CCNCC6)c6c(c(c1C(C(C)=O)C(C)=C6)c23)c54. The first-order chi connectivity index (χ1) is 30.5. The van der Waals surface area contributed by atoms with Gasteiger partial charge in [-0.05, 0) is 19.2 Å². The highest BCUT2D eigenvalue weighted by molar-refractivity contribution is 6.40. The number of fused-ring (bicyclic) bond motifs is 1. The van der Waals surface area contributed by atoms with Crippen LogP contribution >= 0.6 is 0 Å². The van der Waals surface area contributed by atoms with Crippen molar-refractivity contribution in [1.82, 2.24) is 31.1 Å². The first kappa shape index (κ1) is 43.6. The predicted octanol–water partition coefficient (Wildman–Crippen LogP) is 1.97. The Balaban J connectivity index is 1.31. The molecular formula is C46H56N8O9. The van der Waals surface area contributed by atoms with Crippen molar-refractivity contribution in [2.75, 3.05) is 124 Å². The molecule has 2 heterocycles. The molecular weight excluding hydrogens is 809 g/mol. The predicted molar refractivity (Wildman–Crippen MR) is 246 cm³/mol. The number of allylic oxidation sites excluding steroid dienone is 1. The fraction of sp³-hybridized carbons (Fsp3) is 0.457. The fourth-order valence-corrected chi connectivity index (χ4v) is 9.84. The van der Waals surface area contributed by atoms with Gasteiger partial charge in [0.2, 0.25) is 11.8 Å². The number of ether oxygens (including phenoxy) is 3. The Morgan fingerprint density at radius 2 is 1.25 bits per heavy atom. The summed E-state index contributed by atoms with van der Waals surface area (Å²) in [5, 5.41) is 34.0. The highest BCUT2D eigenvalue weighted by Crippen LogP contribution is 2.58. The van der Waals surface area contributed by atoms with Gasteiger partial charge >= 0.3 is 0 Å². The van der Waals surface area contributed by atoms with Crippen LogP contribution in [0.5, 0.6) is 23.0 Å². The number of carbonyl (C=O) groups is 3. The molecule has 63 heavy (non-hydrogen) atoms. The molecule has 7 N–H and O–H groups in total. The number of anilines is 2. The summed E-state index contributed by atoms with van der Waals surface area (Å²) < 4.78 is 18.1. The van der Waals surface area contributed by atoms with Crippen LogP contribution in [0.25, 0.3) is 49.2 Å². The number of hydrogen-bond acceptors (Lipinski definition) is 15. The lowest BCUT2D eigenvalue weighted by molar-refractivity contribution is -0.121. The lowest BCUT2D eigenvalue weighted by Gasteiger charge is -2.27. The second-order valence-electron chi connectivity index (χ2n) is 16.5. The van der Waals surface area contributed by atoms with Crippen molar-refractivity contribution < 1.29 is 33.7 Å². The topological polar surface area (TPSA) is 212 Å². The molecule has 5 aromatic rings. The van der Waals surface area contributed by atoms with Crippen molar-refractivity contribution in [3.8, 4) is 23.0 Å². The van der Waals surface area contributed by atoms with Crippen molar-refractivity contribution in [2.45, 2.75) is 26.2 Å². The maximum atomic E-state index is 14.6. The summed E-state index contributed by atoms with van der Waals surface area (Å²) in [6.07, 6.45) is 1.87. The van der Waals surface area contributed by atoms with Gasteiger partial charge in [-0.25, -0.2) is 0 Å². The Labute approximate surface area is 364 Å². The Morgan fingerprint density at radius 1 is 0.698 bits per heavy atom. The van der Waals surface area contributed by atoms with Crippen LogP contribution in [-0.2, 0) is 14.4 Å². The molecule has 2 amide bonds. The molecule has 334 valence electrons. The summed E-state index contributed by atoms with van der Waals surface area (Å²) in [6, 6.07) is 2.65. The molecule has 2 aliphatic heterocycles. The van der Waals surface area contributed by atoms with Crippen LogP contribution in [0.15, 0.2) is 27.3 Å². The highest BCUT2D eigenvalue weighted by Gasteiger charge is 2.37. The van der Waals surface area contributed by atoms with Crippen LogP contribution in [0.3, 0.4) is 0 Å². The van der Waals surface area contributed by atoms with Gasteiger partial charge in [0.05, 0.1) is 55.9 Å². The van der Waals surface area contributed by atoms with Crippen LogP contribution in [0.4, 0.5) is 11.4 Å². The lowest BCUT2D eigenvalue weighted by Crippen LogP contribution is -2.46. The van der Waals surface area contributed by atoms with Gasteiger partial charge in [0.25, 0.3) is 0 Å². The summed E-state index contributed by atoms with van der Waals surface area (Å²) in [5.74, 6) is -1.43. The standard InChI is InChI=1S/C46H56N8O9/c1-24-20-26-34-39-36(45(60)43(26)52-23-32(59)50-13-19-54-16-10-48-11-17-54)28(57)22-30(62-4)37(39)38-29(61-3)21-27(56)35-41(38)40(34)42(33(24)25(2)55)46(63-5)44(35)51-7-6-31(58)49-12-18-53-14-8-47-9-15-53/h20-22,33,47-48,51-52,60H,6-19,23H2,1-5H3,(H,49,58)(H,50,59). The normalized spacial score (nSPS) is 17.0. The van der Waals surface area contributed by atoms with Crippen molar-refractivity contribution in [3.63, 3.8) is 0 Å². The number of ketones is 1. The number of nitrogens with one attached hydrogen (secondary N) is 6. The molecule has 17 heteroatoms. The average molecular weight is 865 g/mol. The number of hydrogen-bond donors (Lipinski definition) is 7. The van der Waals surface area contributed by atoms with Crippen LogP contribution in [0, 0.1) is 0 Å². The van der Waals surface area contributed by atoms with E-state index in [4.69, 9.17) is 14.2 Å². The first-order valence-electron chi connectivity index (χ1n) is 21.6. The summed E-state index contributed by atoms with van der Waals surface area (Å²) in [5.41, 5.74) is 0.878. The van der Waals surface area contributed by atoms with Crippen molar-refractivity contribution in [3.05, 3.63) is 49.3 Å². The van der Waals surface area contributed by atoms with Gasteiger partial charge in [-0.2, -0.15) is 0 Å². The van der Waals surface area contributed by atoms with E-state index in [-0.39, 0.29) is 76.6 Å². The van der Waals surface area contributed by atoms with Gasteiger partial charge in [-0.1, -0.05) is 11.6 Å². The van der Waals surface area contributed by atoms with Crippen LogP contribution in [-0.4, -0.2) is 145 Å². The Kier molecular flexibility index (Phi) is 12.7. The zero-order chi connectivity index (χ0) is 44.5. The van der Waals surface area contributed by atoms with Gasteiger partial charge in [-0.3, -0.25) is 33.8 Å². The third-order valence-electron chi connectivity index (χ3n) is 12.7. The number of nitrogens with zero attached hydrogens (tertiary/aromatic N) is 2. The first-order valence-corrected chi connectivity index (χ1v) is 21.6. The second-order valence-corrected chi connectivity index (χ2v) is 16.5. The number of piperazine rings is 2. The number of phenolic OH excluding ortho intramolecular Hbond substituents is 1. The summed E-state index contributed by atoms with van der Waals surface area (Å²) >= 11 is 0. The van der Waals surface area contributed by atoms with E-state index in [2.05, 4.69) is 41.7 Å². The molecule has 17 nitrogen and oxygen atoms in total. The van der Waals surface area contributed by atoms with Crippen LogP contribution in [0.2, 0.25) is 0 Å². The minimum Gasteiger partial charge on any atom is -0.505 e. The van der Waals surface area contributed by atoms with Crippen molar-refractivity contribution in [2.24, 2.45) is 0 Å². The molecule has 0 spiro atoms. The molecule has 1 unspecified atom stereocenters. The molecule has 2 fully saturated rings. The third kappa shape index (κ3) is 7.98. The fourth-order valence-electron chi connectivity index (χ4n) is 9.84. The van der Waals surface area contributed by atoms with E-state index >= 15 is 0 Å². The van der Waals surface area contributed by atoms with E-state index < -0.39 is 16.8 Å². The minimum absolute atomic E-state index is 0.0411. The molecule has 1 aliphatic carbocycles. The third-order valence-corrected chi connectivity index (χ3v) is 12.7. The zero-order valence-electron chi connectivity index (χ0n) is 36.5. The summed E-state index contributed by atoms with van der Waals surface area (Å²) in [7, 11) is 4.34. The number of carbonyl (C=O) groups excluding carboxylic acids is 3. The Hall–Kier alpha value is -6.01. The van der Waals surface area contributed by atoms with Gasteiger partial charge in [-0.15, -0.1) is 0 Å². The van der Waals surface area contributed by atoms with Gasteiger partial charge in [0, 0.05) is 142 Å². The van der Waals surface area contributed by atoms with E-state index in [0.717, 1.165) is 58.9 Å². The Morgan fingerprint density at radius 3 is 1.81 bits per heavy atom. The number of aromatic hydroxyl groups is 1. The number of Topliss-reactive ketones (excluding diaryl/α,β-unsaturated/α-hetero) is 1. The molecule has 0 bridgehead atoms. The van der Waals surface area contributed by atoms with Crippen LogP contribution in [0.1, 0.15) is 37.3 Å². The van der Waals surface area contributed by atoms with E-state index in [9.17, 15) is 29.1 Å². The van der Waals surface area contributed by atoms with E-state index in [0.29, 0.717) is 74.3 Å². The largest absolute Gasteiger partial charge is 0.505 e. The summed E-state index contributed by atoms with van der Waals surface area (Å²) in [6.45, 7) is 12.7. The molecule has 3 aliphatic rings. The van der Waals surface area contributed by atoms with E-state index in [1.54, 1.807) is 13.0 Å². The van der Waals surface area contributed by atoms with Crippen molar-refractivity contribution in [1.29, 1.82) is 0 Å². The smallest absolute Gasteiger partial charge is 0.239 e. The average Bonchev–Trinajstić information content (AvgIpc) is 3.40. The number of rotatable bonds is 17. The Bertz CT molecular complexity index is 2750. The summed E-state index contributed by atoms with van der Waals surface area (Å²) in [4.78, 5) is 73.9. The van der Waals surface area contributed by atoms with Gasteiger partial charge in [0.1, 0.15) is 23.0 Å². The quantitative estimate of drug-likeness (QED) is 0.0405. The van der Waals surface area contributed by atoms with E-state index in [1.807, 2.05) is 0 Å². The molecule has 5 aromatic carbocycles. The lowest BCUT2D eigenvalue weighted by atomic mass is 9.80. The van der Waals surface area contributed by atoms with Gasteiger partial charge < -0.3 is 51.2 Å². The molecule has 0 aromatic heterocycles. The molecule has 2 saturated heterocycles. The maximum Gasteiger partial charge on any atom is 0.239 e. The molecule has 0 saturated carbocycles. The van der Waals surface area contributed by atoms with Gasteiger partial charge in [0.15, 0.2) is 16.6 Å². The number of benzene rings is 5. The molecule has 0 radical (unpaired) electrons. The van der Waals surface area contributed by atoms with E-state index in [1.165, 1.54) is 40.4 Å². The maximum absolute atomic E-state index is 14.6. The number of amides is 2.